The van der Waals surface area contributed by atoms with Crippen LogP contribution in [-0.4, -0.2) is 25.8 Å². The number of thioether (sulfide) groups is 1. The fourth-order valence-electron chi connectivity index (χ4n) is 2.30. The summed E-state index contributed by atoms with van der Waals surface area (Å²) < 4.78 is 1.76. The van der Waals surface area contributed by atoms with E-state index in [1.54, 1.807) is 22.5 Å². The van der Waals surface area contributed by atoms with Gasteiger partial charge >= 0.3 is 5.69 Å². The van der Waals surface area contributed by atoms with E-state index >= 15 is 0 Å². The van der Waals surface area contributed by atoms with Gasteiger partial charge in [-0.1, -0.05) is 24.8 Å². The lowest BCUT2D eigenvalue weighted by atomic mass is 10.1. The van der Waals surface area contributed by atoms with Crippen molar-refractivity contribution >= 4 is 11.8 Å². The van der Waals surface area contributed by atoms with E-state index in [2.05, 4.69) is 22.1 Å². The summed E-state index contributed by atoms with van der Waals surface area (Å²) >= 11 is 1.55. The average Bonchev–Trinajstić information content (AvgIpc) is 3.28. The van der Waals surface area contributed by atoms with E-state index in [-0.39, 0.29) is 17.0 Å². The summed E-state index contributed by atoms with van der Waals surface area (Å²) in [4.78, 5) is 16.0. The maximum atomic E-state index is 11.9. The standard InChI is InChI=1S/C14H19N5OS/c1-2-11(15)12(9-4-3-7-16-8-9)21-14-18-17-13(20)19(14)10-5-6-10/h3-4,7-8,10-12H,2,5-6,15H2,1H3,(H,17,20). The normalized spacial score (nSPS) is 17.6. The number of aromatic nitrogens is 4. The Bertz CT molecular complexity index is 649. The van der Waals surface area contributed by atoms with Crippen LogP contribution in [0.2, 0.25) is 0 Å². The third-order valence-electron chi connectivity index (χ3n) is 3.69. The smallest absolute Gasteiger partial charge is 0.326 e. The molecule has 7 heteroatoms. The molecule has 0 spiro atoms. The number of nitrogens with two attached hydrogens (primary N) is 1. The highest BCUT2D eigenvalue weighted by Gasteiger charge is 2.31. The van der Waals surface area contributed by atoms with E-state index in [9.17, 15) is 4.79 Å². The number of hydrogen-bond donors (Lipinski definition) is 2. The minimum atomic E-state index is -0.130. The monoisotopic (exact) mass is 305 g/mol. The highest BCUT2D eigenvalue weighted by Crippen LogP contribution is 2.41. The van der Waals surface area contributed by atoms with Crippen LogP contribution in [0.4, 0.5) is 0 Å². The van der Waals surface area contributed by atoms with Gasteiger partial charge in [0.2, 0.25) is 0 Å². The minimum Gasteiger partial charge on any atom is -0.326 e. The fraction of sp³-hybridized carbons (Fsp3) is 0.500. The first kappa shape index (κ1) is 14.3. The summed E-state index contributed by atoms with van der Waals surface area (Å²) in [6.45, 7) is 2.06. The Morgan fingerprint density at radius 2 is 2.38 bits per heavy atom. The molecule has 0 bridgehead atoms. The molecule has 2 aromatic heterocycles. The van der Waals surface area contributed by atoms with E-state index in [0.717, 1.165) is 30.0 Å². The lowest BCUT2D eigenvalue weighted by Crippen LogP contribution is -2.26. The maximum absolute atomic E-state index is 11.9. The molecule has 0 radical (unpaired) electrons. The quantitative estimate of drug-likeness (QED) is 0.795. The van der Waals surface area contributed by atoms with Gasteiger partial charge in [0.05, 0.1) is 5.25 Å². The second kappa shape index (κ2) is 6.03. The summed E-state index contributed by atoms with van der Waals surface area (Å²) in [5.41, 5.74) is 7.21. The Labute approximate surface area is 127 Å². The van der Waals surface area contributed by atoms with Crippen LogP contribution in [-0.2, 0) is 0 Å². The number of nitrogens with one attached hydrogen (secondary N) is 1. The van der Waals surface area contributed by atoms with Crippen LogP contribution in [0.3, 0.4) is 0 Å². The van der Waals surface area contributed by atoms with E-state index < -0.39 is 0 Å². The molecule has 1 aliphatic carbocycles. The molecule has 1 saturated carbocycles. The third kappa shape index (κ3) is 3.03. The summed E-state index contributed by atoms with van der Waals surface area (Å²) in [6, 6.07) is 4.21. The summed E-state index contributed by atoms with van der Waals surface area (Å²) in [6.07, 6.45) is 6.52. The zero-order valence-electron chi connectivity index (χ0n) is 11.9. The van der Waals surface area contributed by atoms with Gasteiger partial charge in [0.15, 0.2) is 5.16 Å². The molecule has 2 unspecified atom stereocenters. The van der Waals surface area contributed by atoms with Crippen molar-refractivity contribution in [2.75, 3.05) is 0 Å². The molecule has 3 rings (SSSR count). The van der Waals surface area contributed by atoms with Crippen molar-refractivity contribution < 1.29 is 0 Å². The molecule has 6 nitrogen and oxygen atoms in total. The summed E-state index contributed by atoms with van der Waals surface area (Å²) in [5, 5.41) is 7.48. The molecule has 2 atom stereocenters. The Balaban J connectivity index is 1.90. The highest BCUT2D eigenvalue weighted by molar-refractivity contribution is 7.99. The largest absolute Gasteiger partial charge is 0.344 e. The van der Waals surface area contributed by atoms with E-state index in [0.29, 0.717) is 6.04 Å². The Morgan fingerprint density at radius 3 is 3.00 bits per heavy atom. The maximum Gasteiger partial charge on any atom is 0.344 e. The molecular formula is C14H19N5OS. The van der Waals surface area contributed by atoms with Crippen LogP contribution < -0.4 is 11.4 Å². The van der Waals surface area contributed by atoms with E-state index in [1.165, 1.54) is 0 Å². The number of aromatic amines is 1. The molecular weight excluding hydrogens is 286 g/mol. The Morgan fingerprint density at radius 1 is 1.57 bits per heavy atom. The molecule has 0 saturated heterocycles. The van der Waals surface area contributed by atoms with Crippen LogP contribution in [0.1, 0.15) is 43.0 Å². The molecule has 2 heterocycles. The molecule has 2 aromatic rings. The third-order valence-corrected chi connectivity index (χ3v) is 5.06. The average molecular weight is 305 g/mol. The van der Waals surface area contributed by atoms with Crippen LogP contribution >= 0.6 is 11.8 Å². The first-order chi connectivity index (χ1) is 10.2. The second-order valence-electron chi connectivity index (χ2n) is 5.31. The number of pyridine rings is 1. The van der Waals surface area contributed by atoms with E-state index in [1.807, 2.05) is 18.3 Å². The first-order valence-corrected chi connectivity index (χ1v) is 8.07. The van der Waals surface area contributed by atoms with Crippen LogP contribution in [0.15, 0.2) is 34.5 Å². The molecule has 0 aliphatic heterocycles. The van der Waals surface area contributed by atoms with Gasteiger partial charge in [0.25, 0.3) is 0 Å². The summed E-state index contributed by atoms with van der Waals surface area (Å²) in [7, 11) is 0. The SMILES string of the molecule is CCC(N)C(Sc1n[nH]c(=O)n1C1CC1)c1cccnc1. The van der Waals surface area contributed by atoms with Gasteiger partial charge in [-0.2, -0.15) is 0 Å². The van der Waals surface area contributed by atoms with Gasteiger partial charge in [0, 0.05) is 24.5 Å². The number of hydrogen-bond acceptors (Lipinski definition) is 5. The molecule has 0 aromatic carbocycles. The lowest BCUT2D eigenvalue weighted by Gasteiger charge is -2.22. The van der Waals surface area contributed by atoms with Crippen molar-refractivity contribution in [3.8, 4) is 0 Å². The lowest BCUT2D eigenvalue weighted by molar-refractivity contribution is 0.615. The van der Waals surface area contributed by atoms with Gasteiger partial charge in [-0.25, -0.2) is 9.89 Å². The minimum absolute atomic E-state index is 0.0151. The number of rotatable bonds is 6. The Hall–Kier alpha value is -1.60. The van der Waals surface area contributed by atoms with Crippen LogP contribution in [0.5, 0.6) is 0 Å². The number of nitrogens with zero attached hydrogens (tertiary/aromatic N) is 3. The topological polar surface area (TPSA) is 89.6 Å². The predicted molar refractivity (Wildman–Crippen MR) is 82.2 cm³/mol. The molecule has 3 N–H and O–H groups in total. The zero-order chi connectivity index (χ0) is 14.8. The molecule has 21 heavy (non-hydrogen) atoms. The van der Waals surface area contributed by atoms with Gasteiger partial charge in [-0.3, -0.25) is 9.55 Å². The van der Waals surface area contributed by atoms with Crippen molar-refractivity contribution in [3.05, 3.63) is 40.6 Å². The molecule has 1 aliphatic rings. The van der Waals surface area contributed by atoms with Gasteiger partial charge < -0.3 is 5.73 Å². The van der Waals surface area contributed by atoms with Gasteiger partial charge in [-0.15, -0.1) is 5.10 Å². The van der Waals surface area contributed by atoms with Gasteiger partial charge in [0.1, 0.15) is 0 Å². The molecule has 1 fully saturated rings. The van der Waals surface area contributed by atoms with Crippen molar-refractivity contribution in [3.63, 3.8) is 0 Å². The highest BCUT2D eigenvalue weighted by atomic mass is 32.2. The van der Waals surface area contributed by atoms with Crippen LogP contribution in [0.25, 0.3) is 0 Å². The zero-order valence-corrected chi connectivity index (χ0v) is 12.7. The van der Waals surface area contributed by atoms with Crippen LogP contribution in [0, 0.1) is 0 Å². The predicted octanol–water partition coefficient (Wildman–Crippen LogP) is 1.87. The first-order valence-electron chi connectivity index (χ1n) is 7.19. The summed E-state index contributed by atoms with van der Waals surface area (Å²) in [5.74, 6) is 0. The number of H-pyrrole nitrogens is 1. The second-order valence-corrected chi connectivity index (χ2v) is 6.42. The van der Waals surface area contributed by atoms with Gasteiger partial charge in [-0.05, 0) is 30.9 Å². The van der Waals surface area contributed by atoms with Crippen molar-refractivity contribution in [1.29, 1.82) is 0 Å². The van der Waals surface area contributed by atoms with Crippen molar-refractivity contribution in [1.82, 2.24) is 19.7 Å². The van der Waals surface area contributed by atoms with Crippen molar-refractivity contribution in [2.24, 2.45) is 5.73 Å². The van der Waals surface area contributed by atoms with Crippen molar-refractivity contribution in [2.45, 2.75) is 48.7 Å². The van der Waals surface area contributed by atoms with E-state index in [4.69, 9.17) is 5.73 Å². The Kier molecular flexibility index (Phi) is 4.12. The molecule has 112 valence electrons. The fourth-order valence-corrected chi connectivity index (χ4v) is 3.62. The molecule has 0 amide bonds.